The van der Waals surface area contributed by atoms with Crippen molar-refractivity contribution in [3.63, 3.8) is 0 Å². The summed E-state index contributed by atoms with van der Waals surface area (Å²) in [6.07, 6.45) is 5.55. The Balaban J connectivity index is 2.23. The first-order valence-corrected chi connectivity index (χ1v) is 6.03. The molecule has 0 saturated heterocycles. The van der Waals surface area contributed by atoms with Gasteiger partial charge in [-0.25, -0.2) is 0 Å². The SMILES string of the molecule is C=C(C1CC1)C1C(C)(C)CCC1(C)C. The summed E-state index contributed by atoms with van der Waals surface area (Å²) in [5.74, 6) is 1.62. The molecule has 80 valence electrons. The zero-order valence-electron chi connectivity index (χ0n) is 10.2. The number of hydrogen-bond acceptors (Lipinski definition) is 0. The molecule has 2 aliphatic carbocycles. The fourth-order valence-corrected chi connectivity index (χ4v) is 3.68. The molecule has 2 rings (SSSR count). The van der Waals surface area contributed by atoms with Crippen molar-refractivity contribution in [1.29, 1.82) is 0 Å². The van der Waals surface area contributed by atoms with E-state index in [9.17, 15) is 0 Å². The Bertz CT molecular complexity index is 237. The molecule has 0 amide bonds. The monoisotopic (exact) mass is 192 g/mol. The highest BCUT2D eigenvalue weighted by molar-refractivity contribution is 5.20. The van der Waals surface area contributed by atoms with Crippen molar-refractivity contribution in [2.75, 3.05) is 0 Å². The molecule has 2 saturated carbocycles. The summed E-state index contributed by atoms with van der Waals surface area (Å²) in [6, 6.07) is 0. The number of hydrogen-bond donors (Lipinski definition) is 0. The maximum atomic E-state index is 4.39. The molecule has 0 aromatic rings. The van der Waals surface area contributed by atoms with Gasteiger partial charge in [-0.05, 0) is 48.3 Å². The highest BCUT2D eigenvalue weighted by Gasteiger charge is 2.50. The summed E-state index contributed by atoms with van der Waals surface area (Å²) in [7, 11) is 0. The Morgan fingerprint density at radius 3 is 1.79 bits per heavy atom. The van der Waals surface area contributed by atoms with Crippen LogP contribution in [0.5, 0.6) is 0 Å². The molecule has 0 spiro atoms. The molecule has 0 radical (unpaired) electrons. The second kappa shape index (κ2) is 2.87. The van der Waals surface area contributed by atoms with E-state index in [4.69, 9.17) is 0 Å². The van der Waals surface area contributed by atoms with Crippen LogP contribution >= 0.6 is 0 Å². The lowest BCUT2D eigenvalue weighted by Gasteiger charge is -2.37. The molecule has 0 heteroatoms. The van der Waals surface area contributed by atoms with Crippen LogP contribution in [0.4, 0.5) is 0 Å². The van der Waals surface area contributed by atoms with E-state index in [2.05, 4.69) is 34.3 Å². The van der Waals surface area contributed by atoms with Crippen LogP contribution in [0.3, 0.4) is 0 Å². The molecule has 0 N–H and O–H groups in total. The van der Waals surface area contributed by atoms with E-state index in [1.807, 2.05) is 0 Å². The average molecular weight is 192 g/mol. The second-order valence-electron chi connectivity index (χ2n) is 6.76. The summed E-state index contributed by atoms with van der Waals surface area (Å²) < 4.78 is 0. The zero-order chi connectivity index (χ0) is 10.6. The molecule has 0 bridgehead atoms. The van der Waals surface area contributed by atoms with Crippen molar-refractivity contribution in [2.24, 2.45) is 22.7 Å². The van der Waals surface area contributed by atoms with Gasteiger partial charge in [0.2, 0.25) is 0 Å². The lowest BCUT2D eigenvalue weighted by Crippen LogP contribution is -2.29. The van der Waals surface area contributed by atoms with Crippen molar-refractivity contribution in [3.05, 3.63) is 12.2 Å². The Hall–Kier alpha value is -0.260. The molecule has 0 aromatic heterocycles. The Kier molecular flexibility index (Phi) is 2.10. The lowest BCUT2D eigenvalue weighted by molar-refractivity contribution is 0.190. The molecular formula is C14H24. The van der Waals surface area contributed by atoms with Gasteiger partial charge in [0.1, 0.15) is 0 Å². The third kappa shape index (κ3) is 1.53. The molecule has 2 fully saturated rings. The van der Waals surface area contributed by atoms with Crippen molar-refractivity contribution in [1.82, 2.24) is 0 Å². The Morgan fingerprint density at radius 1 is 1.00 bits per heavy atom. The van der Waals surface area contributed by atoms with Crippen LogP contribution in [0, 0.1) is 22.7 Å². The third-order valence-corrected chi connectivity index (χ3v) is 4.45. The molecule has 0 unspecified atom stereocenters. The molecule has 2 aliphatic rings. The average Bonchev–Trinajstić information content (AvgIpc) is 2.79. The minimum absolute atomic E-state index is 0.489. The van der Waals surface area contributed by atoms with Gasteiger partial charge in [0, 0.05) is 0 Å². The van der Waals surface area contributed by atoms with Gasteiger partial charge in [-0.3, -0.25) is 0 Å². The van der Waals surface area contributed by atoms with Crippen molar-refractivity contribution >= 4 is 0 Å². The van der Waals surface area contributed by atoms with Crippen molar-refractivity contribution < 1.29 is 0 Å². The molecule has 0 atom stereocenters. The van der Waals surface area contributed by atoms with Crippen LogP contribution < -0.4 is 0 Å². The zero-order valence-corrected chi connectivity index (χ0v) is 10.2. The third-order valence-electron chi connectivity index (χ3n) is 4.45. The summed E-state index contributed by atoms with van der Waals surface area (Å²) >= 11 is 0. The van der Waals surface area contributed by atoms with Gasteiger partial charge in [0.15, 0.2) is 0 Å². The van der Waals surface area contributed by atoms with E-state index in [0.717, 1.165) is 11.8 Å². The minimum Gasteiger partial charge on any atom is -0.0993 e. The number of rotatable bonds is 2. The summed E-state index contributed by atoms with van der Waals surface area (Å²) in [6.45, 7) is 14.1. The molecule has 0 aromatic carbocycles. The van der Waals surface area contributed by atoms with Crippen molar-refractivity contribution in [3.8, 4) is 0 Å². The van der Waals surface area contributed by atoms with Gasteiger partial charge in [-0.2, -0.15) is 0 Å². The predicted molar refractivity (Wildman–Crippen MR) is 62.2 cm³/mol. The highest BCUT2D eigenvalue weighted by Crippen LogP contribution is 2.59. The van der Waals surface area contributed by atoms with Gasteiger partial charge in [-0.1, -0.05) is 39.8 Å². The minimum atomic E-state index is 0.489. The van der Waals surface area contributed by atoms with Gasteiger partial charge in [-0.15, -0.1) is 0 Å². The predicted octanol–water partition coefficient (Wildman–Crippen LogP) is 4.42. The van der Waals surface area contributed by atoms with Crippen LogP contribution in [0.25, 0.3) is 0 Å². The van der Waals surface area contributed by atoms with Crippen LogP contribution in [0.15, 0.2) is 12.2 Å². The van der Waals surface area contributed by atoms with E-state index < -0.39 is 0 Å². The summed E-state index contributed by atoms with van der Waals surface area (Å²) in [4.78, 5) is 0. The van der Waals surface area contributed by atoms with E-state index in [1.165, 1.54) is 25.7 Å². The van der Waals surface area contributed by atoms with Gasteiger partial charge >= 0.3 is 0 Å². The van der Waals surface area contributed by atoms with Crippen LogP contribution in [-0.4, -0.2) is 0 Å². The standard InChI is InChI=1S/C14H24/c1-10(11-6-7-11)12-13(2,3)8-9-14(12,4)5/h11-12H,1,6-9H2,2-5H3. The second-order valence-corrected chi connectivity index (χ2v) is 6.76. The normalized spacial score (nSPS) is 30.6. The van der Waals surface area contributed by atoms with Crippen LogP contribution in [0.2, 0.25) is 0 Å². The van der Waals surface area contributed by atoms with E-state index in [1.54, 1.807) is 5.57 Å². The molecule has 14 heavy (non-hydrogen) atoms. The topological polar surface area (TPSA) is 0 Å². The fourth-order valence-electron chi connectivity index (χ4n) is 3.68. The van der Waals surface area contributed by atoms with E-state index >= 15 is 0 Å². The largest absolute Gasteiger partial charge is 0.0993 e. The quantitative estimate of drug-likeness (QED) is 0.568. The van der Waals surface area contributed by atoms with Gasteiger partial charge < -0.3 is 0 Å². The van der Waals surface area contributed by atoms with Crippen molar-refractivity contribution in [2.45, 2.75) is 53.4 Å². The maximum Gasteiger partial charge on any atom is -0.0100 e. The first kappa shape index (κ1) is 10.3. The lowest BCUT2D eigenvalue weighted by atomic mass is 9.68. The van der Waals surface area contributed by atoms with Crippen LogP contribution in [0.1, 0.15) is 53.4 Å². The maximum absolute atomic E-state index is 4.39. The van der Waals surface area contributed by atoms with E-state index in [0.29, 0.717) is 10.8 Å². The van der Waals surface area contributed by atoms with Gasteiger partial charge in [0.25, 0.3) is 0 Å². The summed E-state index contributed by atoms with van der Waals surface area (Å²) in [5, 5.41) is 0. The molecular weight excluding hydrogens is 168 g/mol. The van der Waals surface area contributed by atoms with E-state index in [-0.39, 0.29) is 0 Å². The van der Waals surface area contributed by atoms with Gasteiger partial charge in [0.05, 0.1) is 0 Å². The highest BCUT2D eigenvalue weighted by atomic mass is 14.5. The first-order chi connectivity index (χ1) is 6.34. The molecule has 0 heterocycles. The summed E-state index contributed by atoms with van der Waals surface area (Å²) in [5.41, 5.74) is 2.55. The Morgan fingerprint density at radius 2 is 1.43 bits per heavy atom. The molecule has 0 nitrogen and oxygen atoms in total. The Labute approximate surface area is 88.8 Å². The molecule has 0 aliphatic heterocycles. The van der Waals surface area contributed by atoms with Crippen LogP contribution in [-0.2, 0) is 0 Å². The first-order valence-electron chi connectivity index (χ1n) is 6.03. The number of allylic oxidation sites excluding steroid dienone is 1. The fraction of sp³-hybridized carbons (Fsp3) is 0.857. The smallest absolute Gasteiger partial charge is 0.0100 e.